The minimum Gasteiger partial charge on any atom is -0.224 e. The van der Waals surface area contributed by atoms with Crippen LogP contribution in [0, 0.1) is 0 Å². The molecule has 1 aromatic rings. The fraction of sp³-hybridized carbons (Fsp3) is 0.167. The molecule has 0 atom stereocenters. The Bertz CT molecular complexity index is 596. The standard InChI is InChI=1S/C12H14O4S2/c1-3-17(13,14)9-11-7-5-6-8-12(11)10-18(15,16)4-2/h3-8H,1-2,9-10H2. The van der Waals surface area contributed by atoms with Gasteiger partial charge >= 0.3 is 0 Å². The highest BCUT2D eigenvalue weighted by molar-refractivity contribution is 7.93. The average molecular weight is 286 g/mol. The van der Waals surface area contributed by atoms with E-state index in [1.807, 2.05) is 0 Å². The van der Waals surface area contributed by atoms with Crippen LogP contribution in [0.2, 0.25) is 0 Å². The van der Waals surface area contributed by atoms with Gasteiger partial charge in [-0.15, -0.1) is 0 Å². The second-order valence-corrected chi connectivity index (χ2v) is 7.61. The number of rotatable bonds is 6. The van der Waals surface area contributed by atoms with Crippen molar-refractivity contribution in [1.29, 1.82) is 0 Å². The predicted octanol–water partition coefficient (Wildman–Crippen LogP) is 1.80. The summed E-state index contributed by atoms with van der Waals surface area (Å²) < 4.78 is 45.9. The monoisotopic (exact) mass is 286 g/mol. The van der Waals surface area contributed by atoms with Crippen molar-refractivity contribution in [3.8, 4) is 0 Å². The molecule has 4 nitrogen and oxygen atoms in total. The normalized spacial score (nSPS) is 12.0. The Labute approximate surface area is 107 Å². The van der Waals surface area contributed by atoms with Gasteiger partial charge in [0.05, 0.1) is 11.5 Å². The predicted molar refractivity (Wildman–Crippen MR) is 72.1 cm³/mol. The van der Waals surface area contributed by atoms with E-state index in [2.05, 4.69) is 13.2 Å². The summed E-state index contributed by atoms with van der Waals surface area (Å²) in [4.78, 5) is 0. The van der Waals surface area contributed by atoms with Crippen LogP contribution in [0.5, 0.6) is 0 Å². The summed E-state index contributed by atoms with van der Waals surface area (Å²) in [5.74, 6) is -0.501. The Morgan fingerprint density at radius 2 is 1.17 bits per heavy atom. The highest BCUT2D eigenvalue weighted by Crippen LogP contribution is 2.16. The van der Waals surface area contributed by atoms with Crippen LogP contribution in [0.4, 0.5) is 0 Å². The Morgan fingerprint density at radius 1 is 0.833 bits per heavy atom. The topological polar surface area (TPSA) is 68.3 Å². The molecular formula is C12H14O4S2. The van der Waals surface area contributed by atoms with E-state index in [-0.39, 0.29) is 11.5 Å². The summed E-state index contributed by atoms with van der Waals surface area (Å²) in [6.07, 6.45) is 0. The summed E-state index contributed by atoms with van der Waals surface area (Å²) in [6, 6.07) is 6.51. The van der Waals surface area contributed by atoms with Crippen LogP contribution in [-0.2, 0) is 31.2 Å². The molecule has 0 aliphatic carbocycles. The lowest BCUT2D eigenvalue weighted by atomic mass is 10.1. The van der Waals surface area contributed by atoms with Crippen LogP contribution in [0.3, 0.4) is 0 Å². The maximum Gasteiger partial charge on any atom is 0.175 e. The molecule has 0 N–H and O–H groups in total. The first kappa shape index (κ1) is 14.7. The number of sulfone groups is 2. The molecule has 0 fully saturated rings. The van der Waals surface area contributed by atoms with Gasteiger partial charge in [0.2, 0.25) is 0 Å². The molecule has 0 aliphatic rings. The lowest BCUT2D eigenvalue weighted by Gasteiger charge is -2.07. The van der Waals surface area contributed by atoms with Gasteiger partial charge in [-0.2, -0.15) is 0 Å². The summed E-state index contributed by atoms with van der Waals surface area (Å²) in [7, 11) is -6.83. The second kappa shape index (κ2) is 5.49. The third-order valence-corrected chi connectivity index (χ3v) is 4.78. The highest BCUT2D eigenvalue weighted by Gasteiger charge is 2.14. The van der Waals surface area contributed by atoms with Gasteiger partial charge in [-0.05, 0) is 11.1 Å². The molecule has 0 aromatic heterocycles. The first-order valence-electron chi connectivity index (χ1n) is 5.07. The summed E-state index contributed by atoms with van der Waals surface area (Å²) in [5.41, 5.74) is 0.922. The molecule has 0 amide bonds. The van der Waals surface area contributed by atoms with E-state index in [0.29, 0.717) is 11.1 Å². The highest BCUT2D eigenvalue weighted by atomic mass is 32.2. The summed E-state index contributed by atoms with van der Waals surface area (Å²) >= 11 is 0. The fourth-order valence-electron chi connectivity index (χ4n) is 1.39. The van der Waals surface area contributed by atoms with Crippen LogP contribution in [0.25, 0.3) is 0 Å². The van der Waals surface area contributed by atoms with Gasteiger partial charge in [0, 0.05) is 10.8 Å². The SMILES string of the molecule is C=CS(=O)(=O)Cc1ccccc1CS(=O)(=O)C=C. The van der Waals surface area contributed by atoms with Gasteiger partial charge in [-0.3, -0.25) is 0 Å². The molecule has 0 unspecified atom stereocenters. The van der Waals surface area contributed by atoms with Crippen molar-refractivity contribution in [2.45, 2.75) is 11.5 Å². The molecule has 0 saturated heterocycles. The third-order valence-electron chi connectivity index (χ3n) is 2.34. The van der Waals surface area contributed by atoms with Crippen molar-refractivity contribution in [2.75, 3.05) is 0 Å². The van der Waals surface area contributed by atoms with Crippen molar-refractivity contribution >= 4 is 19.7 Å². The van der Waals surface area contributed by atoms with Crippen molar-refractivity contribution in [2.24, 2.45) is 0 Å². The molecule has 1 rings (SSSR count). The number of hydrogen-bond acceptors (Lipinski definition) is 4. The molecule has 0 radical (unpaired) electrons. The smallest absolute Gasteiger partial charge is 0.175 e. The second-order valence-electron chi connectivity index (χ2n) is 3.72. The van der Waals surface area contributed by atoms with E-state index in [1.165, 1.54) is 0 Å². The van der Waals surface area contributed by atoms with Gasteiger partial charge in [0.15, 0.2) is 19.7 Å². The fourth-order valence-corrected chi connectivity index (χ4v) is 3.06. The molecular weight excluding hydrogens is 272 g/mol. The van der Waals surface area contributed by atoms with E-state index < -0.39 is 19.7 Å². The van der Waals surface area contributed by atoms with Gasteiger partial charge in [0.1, 0.15) is 0 Å². The maximum atomic E-state index is 11.5. The first-order valence-corrected chi connectivity index (χ1v) is 8.50. The van der Waals surface area contributed by atoms with Crippen molar-refractivity contribution < 1.29 is 16.8 Å². The lowest BCUT2D eigenvalue weighted by Crippen LogP contribution is -2.06. The quantitative estimate of drug-likeness (QED) is 0.799. The van der Waals surface area contributed by atoms with Crippen molar-refractivity contribution in [3.05, 3.63) is 59.4 Å². The molecule has 1 aromatic carbocycles. The zero-order valence-electron chi connectivity index (χ0n) is 9.74. The maximum absolute atomic E-state index is 11.5. The van der Waals surface area contributed by atoms with Crippen molar-refractivity contribution in [1.82, 2.24) is 0 Å². The Hall–Kier alpha value is -1.40. The largest absolute Gasteiger partial charge is 0.224 e. The van der Waals surface area contributed by atoms with E-state index in [0.717, 1.165) is 10.8 Å². The van der Waals surface area contributed by atoms with E-state index >= 15 is 0 Å². The zero-order valence-corrected chi connectivity index (χ0v) is 11.4. The summed E-state index contributed by atoms with van der Waals surface area (Å²) in [5, 5.41) is 1.73. The minimum absolute atomic E-state index is 0.251. The van der Waals surface area contributed by atoms with E-state index in [9.17, 15) is 16.8 Å². The summed E-state index contributed by atoms with van der Waals surface area (Å²) in [6.45, 7) is 6.45. The van der Waals surface area contributed by atoms with Gasteiger partial charge in [-0.25, -0.2) is 16.8 Å². The molecule has 0 aliphatic heterocycles. The lowest BCUT2D eigenvalue weighted by molar-refractivity contribution is 0.600. The Balaban J connectivity index is 3.16. The zero-order chi connectivity index (χ0) is 13.8. The first-order chi connectivity index (χ1) is 8.29. The van der Waals surface area contributed by atoms with Crippen LogP contribution >= 0.6 is 0 Å². The van der Waals surface area contributed by atoms with E-state index in [4.69, 9.17) is 0 Å². The van der Waals surface area contributed by atoms with E-state index in [1.54, 1.807) is 24.3 Å². The third kappa shape index (κ3) is 4.12. The molecule has 18 heavy (non-hydrogen) atoms. The van der Waals surface area contributed by atoms with Crippen LogP contribution in [-0.4, -0.2) is 16.8 Å². The molecule has 0 heterocycles. The number of benzene rings is 1. The van der Waals surface area contributed by atoms with Gasteiger partial charge in [0.25, 0.3) is 0 Å². The molecule has 0 bridgehead atoms. The van der Waals surface area contributed by atoms with Gasteiger partial charge in [-0.1, -0.05) is 37.4 Å². The molecule has 0 spiro atoms. The Morgan fingerprint density at radius 3 is 1.44 bits per heavy atom. The van der Waals surface area contributed by atoms with Crippen LogP contribution < -0.4 is 0 Å². The van der Waals surface area contributed by atoms with Crippen LogP contribution in [0.1, 0.15) is 11.1 Å². The molecule has 0 saturated carbocycles. The van der Waals surface area contributed by atoms with Crippen LogP contribution in [0.15, 0.2) is 48.2 Å². The average Bonchev–Trinajstić information content (AvgIpc) is 2.31. The minimum atomic E-state index is -3.41. The van der Waals surface area contributed by atoms with Crippen molar-refractivity contribution in [3.63, 3.8) is 0 Å². The Kier molecular flexibility index (Phi) is 4.48. The van der Waals surface area contributed by atoms with Gasteiger partial charge < -0.3 is 0 Å². The number of hydrogen-bond donors (Lipinski definition) is 0. The molecule has 6 heteroatoms. The molecule has 98 valence electrons.